The van der Waals surface area contributed by atoms with Crippen LogP contribution in [0.15, 0.2) is 21.6 Å². The van der Waals surface area contributed by atoms with E-state index in [-0.39, 0.29) is 30.4 Å². The van der Waals surface area contributed by atoms with Crippen LogP contribution in [0, 0.1) is 0 Å². The zero-order chi connectivity index (χ0) is 11.7. The Labute approximate surface area is 131 Å². The third-order valence-electron chi connectivity index (χ3n) is 2.23. The molecule has 5 heteroatoms. The van der Waals surface area contributed by atoms with Crippen LogP contribution in [-0.4, -0.2) is 13.9 Å². The Morgan fingerprint density at radius 3 is 2.18 bits per heavy atom. The fourth-order valence-corrected chi connectivity index (χ4v) is 5.75. The fourth-order valence-electron chi connectivity index (χ4n) is 2.04. The average molecular weight is 330 g/mol. The molecule has 0 heterocycles. The van der Waals surface area contributed by atoms with Gasteiger partial charge in [-0.15, -0.1) is 24.8 Å². The Morgan fingerprint density at radius 1 is 1.29 bits per heavy atom. The smallest absolute Gasteiger partial charge is 0.147 e. The number of rotatable bonds is 3. The van der Waals surface area contributed by atoms with Gasteiger partial charge in [-0.3, -0.25) is 0 Å². The SMILES string of the molecule is CC(C)(C)O[Si](C)(C)CC1=[C]([Ti])CC=C1.Cl.Cl. The normalized spacial score (nSPS) is 15.5. The van der Waals surface area contributed by atoms with E-state index in [0.29, 0.717) is 0 Å². The van der Waals surface area contributed by atoms with Crippen LogP contribution in [0.4, 0.5) is 0 Å². The van der Waals surface area contributed by atoms with Crippen molar-refractivity contribution in [2.75, 3.05) is 0 Å². The molecule has 0 aromatic rings. The fraction of sp³-hybridized carbons (Fsp3) is 0.667. The molecule has 1 aliphatic carbocycles. The molecule has 0 fully saturated rings. The molecule has 1 nitrogen and oxygen atoms in total. The molecule has 0 aromatic carbocycles. The van der Waals surface area contributed by atoms with E-state index in [1.54, 1.807) is 0 Å². The van der Waals surface area contributed by atoms with Gasteiger partial charge in [0.25, 0.3) is 0 Å². The second kappa shape index (κ2) is 7.52. The third kappa shape index (κ3) is 7.86. The van der Waals surface area contributed by atoms with Crippen LogP contribution in [-0.2, 0) is 24.9 Å². The van der Waals surface area contributed by atoms with Gasteiger partial charge in [-0.1, -0.05) is 0 Å². The molecule has 0 atom stereocenters. The minimum absolute atomic E-state index is 0. The molecule has 0 unspecified atom stereocenters. The summed E-state index contributed by atoms with van der Waals surface area (Å²) in [5, 5.41) is 0. The Morgan fingerprint density at radius 2 is 1.82 bits per heavy atom. The minimum Gasteiger partial charge on any atom is -0.147 e. The molecule has 0 saturated carbocycles. The van der Waals surface area contributed by atoms with Crippen molar-refractivity contribution in [3.8, 4) is 0 Å². The first-order valence-electron chi connectivity index (χ1n) is 5.50. The van der Waals surface area contributed by atoms with E-state index in [9.17, 15) is 0 Å². The van der Waals surface area contributed by atoms with Crippen LogP contribution >= 0.6 is 24.8 Å². The molecule has 1 rings (SSSR count). The Hall–Kier alpha value is 0.951. The van der Waals surface area contributed by atoms with Crippen LogP contribution in [0.3, 0.4) is 0 Å². The van der Waals surface area contributed by atoms with Crippen LogP contribution in [0.5, 0.6) is 0 Å². The second-order valence-corrected chi connectivity index (χ2v) is 10.8. The Bertz CT molecular complexity index is 306. The monoisotopic (exact) mass is 329 g/mol. The summed E-state index contributed by atoms with van der Waals surface area (Å²) in [4.78, 5) is 0. The molecule has 0 radical (unpaired) electrons. The maximum atomic E-state index is 6.21. The van der Waals surface area contributed by atoms with Crippen LogP contribution < -0.4 is 0 Å². The molecule has 0 amide bonds. The van der Waals surface area contributed by atoms with Crippen molar-refractivity contribution < 1.29 is 24.9 Å². The van der Waals surface area contributed by atoms with Crippen LogP contribution in [0.1, 0.15) is 27.2 Å². The molecular weight excluding hydrogens is 307 g/mol. The van der Waals surface area contributed by atoms with E-state index < -0.39 is 8.32 Å². The number of allylic oxidation sites excluding steroid dienone is 4. The molecule has 0 aromatic heterocycles. The zero-order valence-electron chi connectivity index (χ0n) is 11.3. The Kier molecular flexibility index (Phi) is 8.97. The topological polar surface area (TPSA) is 9.23 Å². The number of hydrogen-bond acceptors (Lipinski definition) is 1. The largest absolute Gasteiger partial charge is 0.147 e. The van der Waals surface area contributed by atoms with E-state index in [1.807, 2.05) is 0 Å². The van der Waals surface area contributed by atoms with E-state index in [4.69, 9.17) is 4.43 Å². The number of hydrogen-bond donors (Lipinski definition) is 0. The van der Waals surface area contributed by atoms with Gasteiger partial charge in [0.1, 0.15) is 0 Å². The standard InChI is InChI=1S/C12H21OSi.2ClH.Ti/c1-12(2,3)13-14(4,5)10-11-8-6-7-9-11;;;/h6,8H,7,10H2,1-5H3;2*1H;. The molecule has 17 heavy (non-hydrogen) atoms. The molecule has 0 spiro atoms. The van der Waals surface area contributed by atoms with Gasteiger partial charge in [-0.25, -0.2) is 0 Å². The summed E-state index contributed by atoms with van der Waals surface area (Å²) in [6.45, 7) is 11.1. The maximum Gasteiger partial charge on any atom is -0.147 e. The van der Waals surface area contributed by atoms with Crippen molar-refractivity contribution in [2.45, 2.75) is 51.9 Å². The molecular formula is C12H23Cl2OSiTi. The van der Waals surface area contributed by atoms with Crippen molar-refractivity contribution >= 4 is 33.1 Å². The van der Waals surface area contributed by atoms with Crippen molar-refractivity contribution in [1.29, 1.82) is 0 Å². The quantitative estimate of drug-likeness (QED) is 0.687. The predicted molar refractivity (Wildman–Crippen MR) is 78.4 cm³/mol. The summed E-state index contributed by atoms with van der Waals surface area (Å²) in [7, 11) is -1.55. The van der Waals surface area contributed by atoms with Gasteiger partial charge >= 0.3 is 107 Å². The van der Waals surface area contributed by atoms with Gasteiger partial charge in [0, 0.05) is 0 Å². The molecule has 0 N–H and O–H groups in total. The molecule has 0 aliphatic heterocycles. The van der Waals surface area contributed by atoms with Gasteiger partial charge in [-0.2, -0.15) is 0 Å². The van der Waals surface area contributed by atoms with E-state index in [1.165, 1.54) is 9.45 Å². The first-order chi connectivity index (χ1) is 6.70. The van der Waals surface area contributed by atoms with Gasteiger partial charge in [0.2, 0.25) is 0 Å². The summed E-state index contributed by atoms with van der Waals surface area (Å²) < 4.78 is 7.73. The van der Waals surface area contributed by atoms with Gasteiger partial charge in [0.15, 0.2) is 0 Å². The summed E-state index contributed by atoms with van der Waals surface area (Å²) in [6, 6.07) is 1.15. The molecule has 1 aliphatic rings. The van der Waals surface area contributed by atoms with Crippen LogP contribution in [0.2, 0.25) is 19.1 Å². The second-order valence-electron chi connectivity index (χ2n) is 5.76. The van der Waals surface area contributed by atoms with E-state index >= 15 is 0 Å². The minimum atomic E-state index is -1.55. The Balaban J connectivity index is 0. The van der Waals surface area contributed by atoms with Crippen molar-refractivity contribution in [1.82, 2.24) is 0 Å². The first kappa shape index (κ1) is 20.3. The molecule has 99 valence electrons. The van der Waals surface area contributed by atoms with Crippen molar-refractivity contribution in [3.05, 3.63) is 21.6 Å². The average Bonchev–Trinajstić information content (AvgIpc) is 2.29. The summed E-state index contributed by atoms with van der Waals surface area (Å²) in [5.74, 6) is 0. The summed E-state index contributed by atoms with van der Waals surface area (Å²) in [6.07, 6.45) is 5.66. The zero-order valence-corrected chi connectivity index (χ0v) is 15.5. The van der Waals surface area contributed by atoms with Crippen molar-refractivity contribution in [2.24, 2.45) is 0 Å². The predicted octanol–water partition coefficient (Wildman–Crippen LogP) is 4.61. The van der Waals surface area contributed by atoms with Crippen molar-refractivity contribution in [3.63, 3.8) is 0 Å². The van der Waals surface area contributed by atoms with Gasteiger partial charge in [0.05, 0.1) is 0 Å². The summed E-state index contributed by atoms with van der Waals surface area (Å²) in [5.41, 5.74) is 1.50. The van der Waals surface area contributed by atoms with Crippen LogP contribution in [0.25, 0.3) is 0 Å². The summed E-state index contributed by atoms with van der Waals surface area (Å²) >= 11 is 2.23. The van der Waals surface area contributed by atoms with E-state index in [0.717, 1.165) is 12.5 Å². The first-order valence-corrected chi connectivity index (χ1v) is 9.40. The number of halogens is 2. The molecule has 0 saturated heterocycles. The van der Waals surface area contributed by atoms with Gasteiger partial charge < -0.3 is 0 Å². The van der Waals surface area contributed by atoms with Gasteiger partial charge in [-0.05, 0) is 0 Å². The third-order valence-corrected chi connectivity index (χ3v) is 5.44. The molecule has 0 bridgehead atoms. The maximum absolute atomic E-state index is 6.21. The van der Waals surface area contributed by atoms with E-state index in [2.05, 4.69) is 66.5 Å².